The van der Waals surface area contributed by atoms with Crippen LogP contribution in [0.4, 0.5) is 0 Å². The first-order valence-corrected chi connectivity index (χ1v) is 7.47. The van der Waals surface area contributed by atoms with Crippen molar-refractivity contribution in [3.63, 3.8) is 0 Å². The Balaban J connectivity index is 0.00000264. The van der Waals surface area contributed by atoms with Crippen LogP contribution < -0.4 is 4.74 Å². The van der Waals surface area contributed by atoms with Gasteiger partial charge in [0.05, 0.1) is 7.11 Å². The molecule has 0 spiro atoms. The Labute approximate surface area is 144 Å². The average molecular weight is 334 g/mol. The van der Waals surface area contributed by atoms with Gasteiger partial charge in [0.1, 0.15) is 5.75 Å². The zero-order valence-electron chi connectivity index (χ0n) is 13.9. The van der Waals surface area contributed by atoms with E-state index in [9.17, 15) is 4.79 Å². The summed E-state index contributed by atoms with van der Waals surface area (Å²) in [4.78, 5) is 14.8. The zero-order chi connectivity index (χ0) is 15.9. The zero-order valence-corrected chi connectivity index (χ0v) is 14.7. The SMILES string of the molecule is COc1ccc(CC(CN(C)C)C(=O)c2ccccc2)cc1.Cl. The molecular formula is C19H24ClNO2. The quantitative estimate of drug-likeness (QED) is 0.723. The van der Waals surface area contributed by atoms with Gasteiger partial charge in [0.25, 0.3) is 0 Å². The minimum absolute atomic E-state index is 0. The minimum atomic E-state index is -0.0502. The topological polar surface area (TPSA) is 29.5 Å². The molecule has 1 atom stereocenters. The van der Waals surface area contributed by atoms with Crippen LogP contribution in [0.5, 0.6) is 5.75 Å². The molecule has 0 aliphatic heterocycles. The van der Waals surface area contributed by atoms with Crippen molar-refractivity contribution < 1.29 is 9.53 Å². The number of carbonyl (C=O) groups is 1. The van der Waals surface area contributed by atoms with E-state index >= 15 is 0 Å². The highest BCUT2D eigenvalue weighted by molar-refractivity contribution is 5.98. The van der Waals surface area contributed by atoms with Crippen LogP contribution in [0, 0.1) is 5.92 Å². The first kappa shape index (κ1) is 19.2. The van der Waals surface area contributed by atoms with Gasteiger partial charge in [-0.25, -0.2) is 0 Å². The number of ether oxygens (including phenoxy) is 1. The van der Waals surface area contributed by atoms with Crippen LogP contribution in [0.3, 0.4) is 0 Å². The van der Waals surface area contributed by atoms with Crippen LogP contribution in [0.15, 0.2) is 54.6 Å². The molecule has 1 unspecified atom stereocenters. The summed E-state index contributed by atoms with van der Waals surface area (Å²) in [6.45, 7) is 0.736. The smallest absolute Gasteiger partial charge is 0.167 e. The number of rotatable bonds is 7. The van der Waals surface area contributed by atoms with Gasteiger partial charge in [-0.15, -0.1) is 12.4 Å². The van der Waals surface area contributed by atoms with Gasteiger partial charge in [-0.05, 0) is 38.2 Å². The third kappa shape index (κ3) is 5.70. The maximum Gasteiger partial charge on any atom is 0.167 e. The molecule has 2 aromatic rings. The first-order valence-electron chi connectivity index (χ1n) is 7.47. The highest BCUT2D eigenvalue weighted by Gasteiger charge is 2.21. The number of benzene rings is 2. The highest BCUT2D eigenvalue weighted by atomic mass is 35.5. The highest BCUT2D eigenvalue weighted by Crippen LogP contribution is 2.18. The Morgan fingerprint density at radius 2 is 1.65 bits per heavy atom. The standard InChI is InChI=1S/C19H23NO2.ClH/c1-20(2)14-17(19(21)16-7-5-4-6-8-16)13-15-9-11-18(22-3)12-10-15;/h4-12,17H,13-14H2,1-3H3;1H. The molecule has 3 nitrogen and oxygen atoms in total. The van der Waals surface area contributed by atoms with E-state index in [1.54, 1.807) is 7.11 Å². The summed E-state index contributed by atoms with van der Waals surface area (Å²) in [6, 6.07) is 17.5. The number of hydrogen-bond donors (Lipinski definition) is 0. The number of Topliss-reactive ketones (excluding diaryl/α,β-unsaturated/α-hetero) is 1. The number of halogens is 1. The molecule has 0 saturated carbocycles. The maximum absolute atomic E-state index is 12.8. The largest absolute Gasteiger partial charge is 0.497 e. The summed E-state index contributed by atoms with van der Waals surface area (Å²) >= 11 is 0. The van der Waals surface area contributed by atoms with Crippen molar-refractivity contribution in [3.05, 3.63) is 65.7 Å². The van der Waals surface area contributed by atoms with Gasteiger partial charge < -0.3 is 9.64 Å². The Bertz CT molecular complexity index is 597. The van der Waals surface area contributed by atoms with E-state index in [2.05, 4.69) is 4.90 Å². The van der Waals surface area contributed by atoms with Crippen LogP contribution >= 0.6 is 12.4 Å². The van der Waals surface area contributed by atoms with Gasteiger partial charge in [-0.2, -0.15) is 0 Å². The molecule has 0 radical (unpaired) electrons. The van der Waals surface area contributed by atoms with Gasteiger partial charge >= 0.3 is 0 Å². The van der Waals surface area contributed by atoms with E-state index in [0.29, 0.717) is 0 Å². The molecule has 2 aromatic carbocycles. The van der Waals surface area contributed by atoms with Gasteiger partial charge in [0.2, 0.25) is 0 Å². The summed E-state index contributed by atoms with van der Waals surface area (Å²) in [5.74, 6) is 0.984. The molecule has 0 N–H and O–H groups in total. The lowest BCUT2D eigenvalue weighted by atomic mass is 9.91. The van der Waals surface area contributed by atoms with Gasteiger partial charge in [-0.3, -0.25) is 4.79 Å². The maximum atomic E-state index is 12.8. The van der Waals surface area contributed by atoms with E-state index in [1.165, 1.54) is 0 Å². The third-order valence-corrected chi connectivity index (χ3v) is 3.66. The van der Waals surface area contributed by atoms with Crippen molar-refractivity contribution in [2.75, 3.05) is 27.7 Å². The van der Waals surface area contributed by atoms with Crippen molar-refractivity contribution in [1.82, 2.24) is 4.90 Å². The van der Waals surface area contributed by atoms with E-state index in [-0.39, 0.29) is 24.1 Å². The Hall–Kier alpha value is -1.84. The Kier molecular flexibility index (Phi) is 7.79. The summed E-state index contributed by atoms with van der Waals surface area (Å²) in [5.41, 5.74) is 1.93. The van der Waals surface area contributed by atoms with E-state index in [4.69, 9.17) is 4.74 Å². The molecule has 0 aliphatic carbocycles. The minimum Gasteiger partial charge on any atom is -0.497 e. The second-order valence-electron chi connectivity index (χ2n) is 5.74. The number of hydrogen-bond acceptors (Lipinski definition) is 3. The van der Waals surface area contributed by atoms with Gasteiger partial charge in [0.15, 0.2) is 5.78 Å². The van der Waals surface area contributed by atoms with Crippen LogP contribution in [0.25, 0.3) is 0 Å². The summed E-state index contributed by atoms with van der Waals surface area (Å²) in [6.07, 6.45) is 0.732. The predicted octanol–water partition coefficient (Wildman–Crippen LogP) is 3.72. The lowest BCUT2D eigenvalue weighted by Gasteiger charge is -2.20. The van der Waals surface area contributed by atoms with Gasteiger partial charge in [0, 0.05) is 18.0 Å². The fourth-order valence-electron chi connectivity index (χ4n) is 2.57. The van der Waals surface area contributed by atoms with Crippen molar-refractivity contribution in [3.8, 4) is 5.75 Å². The summed E-state index contributed by atoms with van der Waals surface area (Å²) in [7, 11) is 5.65. The molecule has 4 heteroatoms. The molecule has 124 valence electrons. The second-order valence-corrected chi connectivity index (χ2v) is 5.74. The summed E-state index contributed by atoms with van der Waals surface area (Å²) < 4.78 is 5.18. The fraction of sp³-hybridized carbons (Fsp3) is 0.316. The lowest BCUT2D eigenvalue weighted by Crippen LogP contribution is -2.29. The van der Waals surface area contributed by atoms with Crippen molar-refractivity contribution >= 4 is 18.2 Å². The first-order chi connectivity index (χ1) is 10.6. The van der Waals surface area contributed by atoms with Crippen LogP contribution in [0.1, 0.15) is 15.9 Å². The van der Waals surface area contributed by atoms with Crippen molar-refractivity contribution in [2.45, 2.75) is 6.42 Å². The normalized spacial score (nSPS) is 11.7. The van der Waals surface area contributed by atoms with Gasteiger partial charge in [-0.1, -0.05) is 42.5 Å². The molecule has 0 fully saturated rings. The van der Waals surface area contributed by atoms with Crippen molar-refractivity contribution in [1.29, 1.82) is 0 Å². The van der Waals surface area contributed by atoms with E-state index < -0.39 is 0 Å². The lowest BCUT2D eigenvalue weighted by molar-refractivity contribution is 0.0896. The number of nitrogens with zero attached hydrogens (tertiary/aromatic N) is 1. The van der Waals surface area contributed by atoms with Crippen LogP contribution in [-0.4, -0.2) is 38.4 Å². The molecule has 0 aromatic heterocycles. The van der Waals surface area contributed by atoms with Crippen LogP contribution in [0.2, 0.25) is 0 Å². The predicted molar refractivity (Wildman–Crippen MR) is 96.8 cm³/mol. The molecule has 2 rings (SSSR count). The Morgan fingerprint density at radius 3 is 2.17 bits per heavy atom. The monoisotopic (exact) mass is 333 g/mol. The number of carbonyl (C=O) groups excluding carboxylic acids is 1. The molecule has 0 amide bonds. The number of methoxy groups -OCH3 is 1. The fourth-order valence-corrected chi connectivity index (χ4v) is 2.57. The Morgan fingerprint density at radius 1 is 1.04 bits per heavy atom. The molecule has 0 aliphatic rings. The molecular weight excluding hydrogens is 310 g/mol. The molecule has 0 heterocycles. The van der Waals surface area contributed by atoms with Crippen LogP contribution in [-0.2, 0) is 6.42 Å². The summed E-state index contributed by atoms with van der Waals surface area (Å²) in [5, 5.41) is 0. The molecule has 0 saturated heterocycles. The van der Waals surface area contributed by atoms with E-state index in [0.717, 1.165) is 29.8 Å². The third-order valence-electron chi connectivity index (χ3n) is 3.66. The van der Waals surface area contributed by atoms with Crippen molar-refractivity contribution in [2.24, 2.45) is 5.92 Å². The molecule has 23 heavy (non-hydrogen) atoms. The average Bonchev–Trinajstić information content (AvgIpc) is 2.54. The van der Waals surface area contributed by atoms with E-state index in [1.807, 2.05) is 68.7 Å². The second kappa shape index (κ2) is 9.33. The number of ketones is 1. The molecule has 0 bridgehead atoms.